The van der Waals surface area contributed by atoms with Gasteiger partial charge < -0.3 is 9.79 Å². The van der Waals surface area contributed by atoms with Crippen LogP contribution in [0.4, 0.5) is 0 Å². The molecule has 0 unspecified atom stereocenters. The lowest BCUT2D eigenvalue weighted by molar-refractivity contribution is -0.166. The summed E-state index contributed by atoms with van der Waals surface area (Å²) in [5.41, 5.74) is 0.753. The molecule has 0 saturated heterocycles. The molecule has 0 aliphatic heterocycles. The largest absolute Gasteiger partial charge is 0.339 e. The third-order valence-corrected chi connectivity index (χ3v) is 2.69. The van der Waals surface area contributed by atoms with Crippen molar-refractivity contribution in [1.29, 1.82) is 0 Å². The normalized spacial score (nSPS) is 11.3. The third-order valence-electron chi connectivity index (χ3n) is 2.06. The van der Waals surface area contributed by atoms with E-state index >= 15 is 0 Å². The fourth-order valence-corrected chi connectivity index (χ4v) is 1.65. The van der Waals surface area contributed by atoms with Crippen molar-refractivity contribution >= 4 is 13.5 Å². The van der Waals surface area contributed by atoms with E-state index in [0.717, 1.165) is 5.56 Å². The van der Waals surface area contributed by atoms with Gasteiger partial charge >= 0.3 is 7.60 Å². The highest BCUT2D eigenvalue weighted by atomic mass is 31.2. The van der Waals surface area contributed by atoms with Gasteiger partial charge in [0.2, 0.25) is 0 Å². The number of rotatable bonds is 6. The standard InChI is InChI=1S/C10H15N2O5P/c13-10(6-11-8-18(15,16)17)12(14)7-9-4-2-1-3-5-9/h1-5,11,14H,6-8H2,(H2,15,16,17). The number of nitrogens with zero attached hydrogens (tertiary/aromatic N) is 1. The van der Waals surface area contributed by atoms with E-state index in [1.54, 1.807) is 24.3 Å². The van der Waals surface area contributed by atoms with Gasteiger partial charge in [-0.05, 0) is 5.56 Å². The molecule has 0 heterocycles. The van der Waals surface area contributed by atoms with Gasteiger partial charge in [-0.25, -0.2) is 5.06 Å². The molecule has 0 radical (unpaired) electrons. The fourth-order valence-electron chi connectivity index (χ4n) is 1.24. The molecule has 4 N–H and O–H groups in total. The maximum atomic E-state index is 11.4. The number of hydrogen-bond acceptors (Lipinski definition) is 4. The van der Waals surface area contributed by atoms with Crippen LogP contribution in [-0.2, 0) is 15.9 Å². The quantitative estimate of drug-likeness (QED) is 0.333. The number of carbonyl (C=O) groups is 1. The first kappa shape index (κ1) is 14.8. The Morgan fingerprint density at radius 2 is 1.89 bits per heavy atom. The Hall–Kier alpha value is -1.24. The molecule has 100 valence electrons. The molecular formula is C10H15N2O5P. The van der Waals surface area contributed by atoms with Gasteiger partial charge in [0.15, 0.2) is 0 Å². The van der Waals surface area contributed by atoms with Gasteiger partial charge in [-0.1, -0.05) is 30.3 Å². The van der Waals surface area contributed by atoms with Crippen molar-refractivity contribution in [2.45, 2.75) is 6.54 Å². The SMILES string of the molecule is O=C(CNCP(=O)(O)O)N(O)Cc1ccccc1. The zero-order chi connectivity index (χ0) is 13.6. The second-order valence-corrected chi connectivity index (χ2v) is 5.33. The van der Waals surface area contributed by atoms with E-state index in [9.17, 15) is 14.6 Å². The second-order valence-electron chi connectivity index (χ2n) is 3.69. The molecule has 0 aliphatic carbocycles. The second kappa shape index (κ2) is 6.63. The lowest BCUT2D eigenvalue weighted by Crippen LogP contribution is -2.35. The highest BCUT2D eigenvalue weighted by Gasteiger charge is 2.15. The van der Waals surface area contributed by atoms with E-state index in [0.29, 0.717) is 5.06 Å². The molecule has 0 aromatic heterocycles. The van der Waals surface area contributed by atoms with Gasteiger partial charge in [0.25, 0.3) is 5.91 Å². The average Bonchev–Trinajstić information content (AvgIpc) is 2.28. The van der Waals surface area contributed by atoms with E-state index in [1.165, 1.54) is 0 Å². The Labute approximate surface area is 104 Å². The van der Waals surface area contributed by atoms with Crippen LogP contribution in [0.3, 0.4) is 0 Å². The topological polar surface area (TPSA) is 110 Å². The van der Waals surface area contributed by atoms with E-state index in [-0.39, 0.29) is 13.1 Å². The Kier molecular flexibility index (Phi) is 5.46. The van der Waals surface area contributed by atoms with Crippen molar-refractivity contribution in [2.75, 3.05) is 12.8 Å². The summed E-state index contributed by atoms with van der Waals surface area (Å²) >= 11 is 0. The van der Waals surface area contributed by atoms with Gasteiger partial charge in [0, 0.05) is 0 Å². The van der Waals surface area contributed by atoms with Crippen molar-refractivity contribution in [1.82, 2.24) is 10.4 Å². The van der Waals surface area contributed by atoms with Gasteiger partial charge in [-0.3, -0.25) is 19.9 Å². The molecule has 1 aromatic rings. The fraction of sp³-hybridized carbons (Fsp3) is 0.300. The van der Waals surface area contributed by atoms with Crippen LogP contribution in [-0.4, -0.2) is 38.8 Å². The van der Waals surface area contributed by atoms with Crippen molar-refractivity contribution in [3.05, 3.63) is 35.9 Å². The summed E-state index contributed by atoms with van der Waals surface area (Å²) in [5.74, 6) is -0.660. The first-order valence-corrected chi connectivity index (χ1v) is 6.97. The Morgan fingerprint density at radius 1 is 1.28 bits per heavy atom. The van der Waals surface area contributed by atoms with Crippen LogP contribution in [0.25, 0.3) is 0 Å². The predicted molar refractivity (Wildman–Crippen MR) is 63.7 cm³/mol. The molecular weight excluding hydrogens is 259 g/mol. The van der Waals surface area contributed by atoms with Crippen molar-refractivity contribution < 1.29 is 24.4 Å². The summed E-state index contributed by atoms with van der Waals surface area (Å²) in [4.78, 5) is 28.5. The summed E-state index contributed by atoms with van der Waals surface area (Å²) in [7, 11) is -4.18. The number of nitrogens with one attached hydrogen (secondary N) is 1. The highest BCUT2D eigenvalue weighted by molar-refractivity contribution is 7.51. The minimum atomic E-state index is -4.18. The minimum absolute atomic E-state index is 0.0251. The van der Waals surface area contributed by atoms with Crippen LogP contribution in [0.2, 0.25) is 0 Å². The molecule has 0 fully saturated rings. The Balaban J connectivity index is 2.36. The first-order chi connectivity index (χ1) is 8.38. The van der Waals surface area contributed by atoms with Crippen LogP contribution in [0.1, 0.15) is 5.56 Å². The number of hydroxylamine groups is 2. The maximum Gasteiger partial charge on any atom is 0.339 e. The summed E-state index contributed by atoms with van der Waals surface area (Å²) < 4.78 is 10.5. The molecule has 0 spiro atoms. The summed E-state index contributed by atoms with van der Waals surface area (Å²) in [6, 6.07) is 8.87. The van der Waals surface area contributed by atoms with Crippen LogP contribution in [0.5, 0.6) is 0 Å². The van der Waals surface area contributed by atoms with Crippen molar-refractivity contribution in [3.8, 4) is 0 Å². The van der Waals surface area contributed by atoms with Gasteiger partial charge in [-0.15, -0.1) is 0 Å². The molecule has 7 nitrogen and oxygen atoms in total. The number of hydrogen-bond donors (Lipinski definition) is 4. The van der Waals surface area contributed by atoms with E-state index in [2.05, 4.69) is 5.32 Å². The van der Waals surface area contributed by atoms with Crippen LogP contribution in [0.15, 0.2) is 30.3 Å². The summed E-state index contributed by atoms with van der Waals surface area (Å²) in [6.07, 6.45) is -0.599. The highest BCUT2D eigenvalue weighted by Crippen LogP contribution is 2.31. The number of carbonyl (C=O) groups excluding carboxylic acids is 1. The van der Waals surface area contributed by atoms with E-state index < -0.39 is 19.8 Å². The molecule has 0 saturated carbocycles. The molecule has 1 aromatic carbocycles. The smallest absolute Gasteiger partial charge is 0.324 e. The Morgan fingerprint density at radius 3 is 2.44 bits per heavy atom. The predicted octanol–water partition coefficient (Wildman–Crippen LogP) is 0.129. The van der Waals surface area contributed by atoms with Gasteiger partial charge in [0.05, 0.1) is 19.4 Å². The molecule has 0 bridgehead atoms. The molecule has 0 aliphatic rings. The van der Waals surface area contributed by atoms with Crippen molar-refractivity contribution in [2.24, 2.45) is 0 Å². The third kappa shape index (κ3) is 5.90. The number of amides is 1. The zero-order valence-corrected chi connectivity index (χ0v) is 10.5. The molecule has 8 heteroatoms. The molecule has 0 atom stereocenters. The lowest BCUT2D eigenvalue weighted by Gasteiger charge is -2.15. The lowest BCUT2D eigenvalue weighted by atomic mass is 10.2. The van der Waals surface area contributed by atoms with Gasteiger partial charge in [0.1, 0.15) is 0 Å². The van der Waals surface area contributed by atoms with Crippen LogP contribution < -0.4 is 5.32 Å². The molecule has 1 amide bonds. The summed E-state index contributed by atoms with van der Waals surface area (Å²) in [5, 5.41) is 12.2. The monoisotopic (exact) mass is 274 g/mol. The maximum absolute atomic E-state index is 11.4. The Bertz CT molecular complexity index is 433. The van der Waals surface area contributed by atoms with Crippen LogP contribution >= 0.6 is 7.60 Å². The average molecular weight is 274 g/mol. The molecule has 18 heavy (non-hydrogen) atoms. The minimum Gasteiger partial charge on any atom is -0.324 e. The zero-order valence-electron chi connectivity index (χ0n) is 9.56. The van der Waals surface area contributed by atoms with Crippen molar-refractivity contribution in [3.63, 3.8) is 0 Å². The first-order valence-electron chi connectivity index (χ1n) is 5.17. The summed E-state index contributed by atoms with van der Waals surface area (Å²) in [6.45, 7) is -0.314. The van der Waals surface area contributed by atoms with Crippen LogP contribution in [0, 0.1) is 0 Å². The van der Waals surface area contributed by atoms with E-state index in [4.69, 9.17) is 9.79 Å². The van der Waals surface area contributed by atoms with E-state index in [1.807, 2.05) is 6.07 Å². The molecule has 1 rings (SSSR count). The number of benzene rings is 1. The van der Waals surface area contributed by atoms with Gasteiger partial charge in [-0.2, -0.15) is 0 Å².